The van der Waals surface area contributed by atoms with Crippen LogP contribution in [0.4, 0.5) is 11.9 Å². The summed E-state index contributed by atoms with van der Waals surface area (Å²) in [5, 5.41) is 0.834. The van der Waals surface area contributed by atoms with Crippen molar-refractivity contribution in [2.75, 3.05) is 24.7 Å². The molecule has 7 nitrogen and oxygen atoms in total. The second kappa shape index (κ2) is 7.40. The molecule has 2 N–H and O–H groups in total. The monoisotopic (exact) mass is 419 g/mol. The predicted octanol–water partition coefficient (Wildman–Crippen LogP) is 3.32. The van der Waals surface area contributed by atoms with Gasteiger partial charge in [-0.3, -0.25) is 4.57 Å². The number of aromatic nitrogens is 5. The van der Waals surface area contributed by atoms with Gasteiger partial charge in [-0.15, -0.1) is 0 Å². The Bertz CT molecular complexity index is 863. The lowest BCUT2D eigenvalue weighted by molar-refractivity contribution is 0.847. The molecule has 130 valence electrons. The number of benzene rings is 1. The first-order valence-corrected chi connectivity index (χ1v) is 9.26. The first-order chi connectivity index (χ1) is 11.9. The van der Waals surface area contributed by atoms with Gasteiger partial charge in [-0.1, -0.05) is 27.7 Å². The van der Waals surface area contributed by atoms with E-state index < -0.39 is 0 Å². The van der Waals surface area contributed by atoms with E-state index in [-0.39, 0.29) is 11.2 Å². The highest BCUT2D eigenvalue weighted by atomic mass is 79.9. The molecule has 0 radical (unpaired) electrons. The molecule has 2 aromatic heterocycles. The quantitative estimate of drug-likeness (QED) is 0.634. The van der Waals surface area contributed by atoms with Crippen molar-refractivity contribution >= 4 is 39.6 Å². The molecule has 0 aliphatic heterocycles. The van der Waals surface area contributed by atoms with Crippen molar-refractivity contribution in [2.45, 2.75) is 17.3 Å². The highest BCUT2D eigenvalue weighted by Gasteiger charge is 2.17. The fraction of sp³-hybridized carbons (Fsp3) is 0.250. The van der Waals surface area contributed by atoms with Gasteiger partial charge in [0.1, 0.15) is 5.82 Å². The largest absolute Gasteiger partial charge is 0.368 e. The maximum Gasteiger partial charge on any atom is 0.229 e. The van der Waals surface area contributed by atoms with Gasteiger partial charge in [0.15, 0.2) is 5.16 Å². The fourth-order valence-corrected chi connectivity index (χ4v) is 3.36. The Kier molecular flexibility index (Phi) is 5.24. The van der Waals surface area contributed by atoms with Crippen LogP contribution in [0.1, 0.15) is 18.0 Å². The SMILES string of the molecule is CC(Sc1nccn1-c1ccc(Br)cc1)c1nc(N)nc(N(C)C)n1. The molecule has 0 bridgehead atoms. The molecule has 1 aromatic carbocycles. The van der Waals surface area contributed by atoms with E-state index in [9.17, 15) is 0 Å². The number of nitrogens with zero attached hydrogens (tertiary/aromatic N) is 6. The molecule has 0 saturated heterocycles. The van der Waals surface area contributed by atoms with E-state index in [0.29, 0.717) is 11.8 Å². The number of nitrogen functional groups attached to an aromatic ring is 1. The molecule has 0 amide bonds. The van der Waals surface area contributed by atoms with Gasteiger partial charge >= 0.3 is 0 Å². The van der Waals surface area contributed by atoms with E-state index in [1.807, 2.05) is 60.9 Å². The summed E-state index contributed by atoms with van der Waals surface area (Å²) in [6.07, 6.45) is 3.72. The highest BCUT2D eigenvalue weighted by Crippen LogP contribution is 2.34. The fourth-order valence-electron chi connectivity index (χ4n) is 2.17. The summed E-state index contributed by atoms with van der Waals surface area (Å²) in [5.41, 5.74) is 6.86. The summed E-state index contributed by atoms with van der Waals surface area (Å²) in [7, 11) is 3.74. The molecule has 0 spiro atoms. The van der Waals surface area contributed by atoms with Crippen LogP contribution < -0.4 is 10.6 Å². The molecule has 0 aliphatic carbocycles. The summed E-state index contributed by atoms with van der Waals surface area (Å²) >= 11 is 5.03. The number of hydrogen-bond acceptors (Lipinski definition) is 7. The molecule has 2 heterocycles. The van der Waals surface area contributed by atoms with Crippen molar-refractivity contribution in [3.05, 3.63) is 47.0 Å². The number of halogens is 1. The Morgan fingerprint density at radius 2 is 1.88 bits per heavy atom. The minimum absolute atomic E-state index is 0.0272. The molecule has 0 saturated carbocycles. The number of thioether (sulfide) groups is 1. The Morgan fingerprint density at radius 3 is 2.56 bits per heavy atom. The molecule has 0 aliphatic rings. The van der Waals surface area contributed by atoms with E-state index in [2.05, 4.69) is 35.9 Å². The Morgan fingerprint density at radius 1 is 1.16 bits per heavy atom. The van der Waals surface area contributed by atoms with Crippen LogP contribution in [0, 0.1) is 0 Å². The first kappa shape index (κ1) is 17.7. The van der Waals surface area contributed by atoms with Crippen molar-refractivity contribution in [1.82, 2.24) is 24.5 Å². The van der Waals surface area contributed by atoms with Crippen LogP contribution in [-0.2, 0) is 0 Å². The van der Waals surface area contributed by atoms with E-state index in [1.54, 1.807) is 18.0 Å². The van der Waals surface area contributed by atoms with Crippen LogP contribution in [-0.4, -0.2) is 38.6 Å². The van der Waals surface area contributed by atoms with Crippen molar-refractivity contribution in [3.8, 4) is 5.69 Å². The predicted molar refractivity (Wildman–Crippen MR) is 104 cm³/mol. The van der Waals surface area contributed by atoms with E-state index >= 15 is 0 Å². The van der Waals surface area contributed by atoms with Crippen molar-refractivity contribution < 1.29 is 0 Å². The molecular weight excluding hydrogens is 402 g/mol. The standard InChI is InChI=1S/C16H18BrN7S/c1-10(13-20-14(18)22-15(21-13)23(2)3)25-16-19-8-9-24(16)12-6-4-11(17)5-7-12/h4-10H,1-3H3,(H2,18,20,21,22). The molecule has 0 fully saturated rings. The van der Waals surface area contributed by atoms with Gasteiger partial charge in [-0.05, 0) is 31.2 Å². The van der Waals surface area contributed by atoms with Gasteiger partial charge in [0.05, 0.1) is 5.25 Å². The zero-order chi connectivity index (χ0) is 18.0. The highest BCUT2D eigenvalue weighted by molar-refractivity contribution is 9.10. The third kappa shape index (κ3) is 4.10. The smallest absolute Gasteiger partial charge is 0.229 e. The lowest BCUT2D eigenvalue weighted by Crippen LogP contribution is -2.16. The van der Waals surface area contributed by atoms with Crippen LogP contribution in [0.25, 0.3) is 5.69 Å². The van der Waals surface area contributed by atoms with Crippen LogP contribution >= 0.6 is 27.7 Å². The molecule has 3 aromatic rings. The topological polar surface area (TPSA) is 85.8 Å². The summed E-state index contributed by atoms with van der Waals surface area (Å²) in [5.74, 6) is 1.40. The molecule has 1 atom stereocenters. The zero-order valence-corrected chi connectivity index (χ0v) is 16.5. The number of rotatable bonds is 5. The van der Waals surface area contributed by atoms with E-state index in [1.165, 1.54) is 0 Å². The third-order valence-electron chi connectivity index (χ3n) is 3.42. The molecule has 1 unspecified atom stereocenters. The van der Waals surface area contributed by atoms with Gasteiger partial charge < -0.3 is 10.6 Å². The zero-order valence-electron chi connectivity index (χ0n) is 14.1. The minimum Gasteiger partial charge on any atom is -0.368 e. The summed E-state index contributed by atoms with van der Waals surface area (Å²) in [6, 6.07) is 8.07. The lowest BCUT2D eigenvalue weighted by atomic mass is 10.3. The second-order valence-corrected chi connectivity index (χ2v) is 7.79. The third-order valence-corrected chi connectivity index (χ3v) is 5.02. The van der Waals surface area contributed by atoms with Crippen molar-refractivity contribution in [1.29, 1.82) is 0 Å². The lowest BCUT2D eigenvalue weighted by Gasteiger charge is -2.15. The summed E-state index contributed by atoms with van der Waals surface area (Å²) in [4.78, 5) is 19.2. The van der Waals surface area contributed by atoms with Crippen LogP contribution in [0.2, 0.25) is 0 Å². The molecule has 3 rings (SSSR count). The van der Waals surface area contributed by atoms with E-state index in [4.69, 9.17) is 5.73 Å². The number of hydrogen-bond donors (Lipinski definition) is 1. The second-order valence-electron chi connectivity index (χ2n) is 5.56. The minimum atomic E-state index is -0.0272. The first-order valence-electron chi connectivity index (χ1n) is 7.59. The van der Waals surface area contributed by atoms with Gasteiger partial charge in [0.2, 0.25) is 11.9 Å². The van der Waals surface area contributed by atoms with Gasteiger partial charge in [-0.2, -0.15) is 15.0 Å². The van der Waals surface area contributed by atoms with Gasteiger partial charge in [-0.25, -0.2) is 4.98 Å². The Labute approximate surface area is 158 Å². The summed E-state index contributed by atoms with van der Waals surface area (Å²) in [6.45, 7) is 2.03. The Hall–Kier alpha value is -2.13. The Balaban J connectivity index is 1.86. The molecular formula is C16H18BrN7S. The van der Waals surface area contributed by atoms with Gasteiger partial charge in [0, 0.05) is 36.6 Å². The van der Waals surface area contributed by atoms with Crippen LogP contribution in [0.3, 0.4) is 0 Å². The van der Waals surface area contributed by atoms with Crippen LogP contribution in [0.15, 0.2) is 46.3 Å². The van der Waals surface area contributed by atoms with Crippen LogP contribution in [0.5, 0.6) is 0 Å². The van der Waals surface area contributed by atoms with Crippen molar-refractivity contribution in [2.24, 2.45) is 0 Å². The maximum atomic E-state index is 5.82. The average molecular weight is 420 g/mol. The summed E-state index contributed by atoms with van der Waals surface area (Å²) < 4.78 is 3.07. The normalized spacial score (nSPS) is 12.2. The van der Waals surface area contributed by atoms with E-state index in [0.717, 1.165) is 15.3 Å². The van der Waals surface area contributed by atoms with Gasteiger partial charge in [0.25, 0.3) is 0 Å². The molecule has 9 heteroatoms. The van der Waals surface area contributed by atoms with Crippen molar-refractivity contribution in [3.63, 3.8) is 0 Å². The number of nitrogens with two attached hydrogens (primary N) is 1. The number of imidazole rings is 1. The average Bonchev–Trinajstić information content (AvgIpc) is 3.03. The maximum absolute atomic E-state index is 5.82. The number of anilines is 2. The molecule has 25 heavy (non-hydrogen) atoms.